The Morgan fingerprint density at radius 2 is 1.67 bits per heavy atom. The molecule has 1 N–H and O–H groups in total. The third-order valence-electron chi connectivity index (χ3n) is 5.75. The van der Waals surface area contributed by atoms with Gasteiger partial charge in [0.1, 0.15) is 23.0 Å². The van der Waals surface area contributed by atoms with Crippen molar-refractivity contribution < 1.29 is 28.9 Å². The van der Waals surface area contributed by atoms with Crippen molar-refractivity contribution in [1.82, 2.24) is 0 Å². The molecule has 0 aliphatic carbocycles. The monoisotopic (exact) mass is 551 g/mol. The Bertz CT molecular complexity index is 1350. The van der Waals surface area contributed by atoms with Gasteiger partial charge in [-0.3, -0.25) is 14.5 Å². The van der Waals surface area contributed by atoms with Crippen LogP contribution in [0.25, 0.3) is 5.76 Å². The first-order chi connectivity index (χ1) is 17.2. The van der Waals surface area contributed by atoms with Gasteiger partial charge in [0.05, 0.1) is 36.4 Å². The number of aliphatic hydroxyl groups is 1. The number of amides is 1. The maximum absolute atomic E-state index is 13.4. The van der Waals surface area contributed by atoms with Crippen LogP contribution in [0, 0.1) is 0 Å². The lowest BCUT2D eigenvalue weighted by Gasteiger charge is -2.26. The van der Waals surface area contributed by atoms with E-state index in [9.17, 15) is 14.7 Å². The molecule has 1 saturated heterocycles. The average Bonchev–Trinajstić information content (AvgIpc) is 3.13. The standard InChI is InChI=1S/C28H26BrNO6/c1-16(2)36-21-10-5-7-17(13-21)25-24(26(31)18-11-12-23(35-4)22(29)14-18)27(32)28(33)30(25)19-8-6-9-20(15-19)34-3/h5-16,25,31H,1-4H3/b26-24+. The summed E-state index contributed by atoms with van der Waals surface area (Å²) in [4.78, 5) is 28.2. The number of aliphatic hydroxyl groups excluding tert-OH is 1. The summed E-state index contributed by atoms with van der Waals surface area (Å²) in [5.74, 6) is -0.143. The molecule has 3 aromatic rings. The Morgan fingerprint density at radius 1 is 0.944 bits per heavy atom. The van der Waals surface area contributed by atoms with Gasteiger partial charge in [-0.2, -0.15) is 0 Å². The zero-order chi connectivity index (χ0) is 26.0. The summed E-state index contributed by atoms with van der Waals surface area (Å²) in [6.07, 6.45) is -0.0679. The van der Waals surface area contributed by atoms with E-state index in [0.29, 0.717) is 38.5 Å². The first-order valence-corrected chi connectivity index (χ1v) is 12.1. The smallest absolute Gasteiger partial charge is 0.300 e. The van der Waals surface area contributed by atoms with Crippen LogP contribution in [0.15, 0.2) is 76.8 Å². The van der Waals surface area contributed by atoms with Crippen LogP contribution in [0.5, 0.6) is 17.2 Å². The van der Waals surface area contributed by atoms with Gasteiger partial charge >= 0.3 is 0 Å². The third kappa shape index (κ3) is 4.81. The van der Waals surface area contributed by atoms with Crippen molar-refractivity contribution in [2.75, 3.05) is 19.1 Å². The van der Waals surface area contributed by atoms with Crippen molar-refractivity contribution >= 4 is 39.1 Å². The minimum absolute atomic E-state index is 0.0263. The van der Waals surface area contributed by atoms with Gasteiger partial charge in [-0.05, 0) is 77.8 Å². The molecule has 0 radical (unpaired) electrons. The molecule has 1 aliphatic rings. The molecule has 186 valence electrons. The number of ether oxygens (including phenoxy) is 3. The number of hydrogen-bond acceptors (Lipinski definition) is 6. The van der Waals surface area contributed by atoms with E-state index in [0.717, 1.165) is 0 Å². The summed E-state index contributed by atoms with van der Waals surface area (Å²) in [5.41, 5.74) is 1.42. The molecule has 36 heavy (non-hydrogen) atoms. The van der Waals surface area contributed by atoms with Gasteiger partial charge < -0.3 is 19.3 Å². The number of carbonyl (C=O) groups is 2. The van der Waals surface area contributed by atoms with Gasteiger partial charge in [0.25, 0.3) is 11.7 Å². The Balaban J connectivity index is 1.94. The summed E-state index contributed by atoms with van der Waals surface area (Å²) >= 11 is 3.42. The van der Waals surface area contributed by atoms with Crippen LogP contribution in [0.4, 0.5) is 5.69 Å². The lowest BCUT2D eigenvalue weighted by molar-refractivity contribution is -0.132. The molecule has 0 spiro atoms. The maximum Gasteiger partial charge on any atom is 0.300 e. The minimum atomic E-state index is -0.895. The Labute approximate surface area is 218 Å². The third-order valence-corrected chi connectivity index (χ3v) is 6.37. The SMILES string of the molecule is COc1cccc(N2C(=O)C(=O)/C(=C(/O)c3ccc(OC)c(Br)c3)C2c2cccc(OC(C)C)c2)c1. The van der Waals surface area contributed by atoms with Crippen molar-refractivity contribution in [2.24, 2.45) is 0 Å². The van der Waals surface area contributed by atoms with Crippen LogP contribution in [-0.4, -0.2) is 37.1 Å². The summed E-state index contributed by atoms with van der Waals surface area (Å²) in [6, 6.07) is 18.1. The van der Waals surface area contributed by atoms with Crippen molar-refractivity contribution in [3.63, 3.8) is 0 Å². The van der Waals surface area contributed by atoms with Gasteiger partial charge in [-0.1, -0.05) is 18.2 Å². The van der Waals surface area contributed by atoms with Gasteiger partial charge in [0.2, 0.25) is 0 Å². The summed E-state index contributed by atoms with van der Waals surface area (Å²) in [6.45, 7) is 3.83. The number of benzene rings is 3. The van der Waals surface area contributed by atoms with Crippen molar-refractivity contribution in [3.05, 3.63) is 87.9 Å². The fourth-order valence-corrected chi connectivity index (χ4v) is 4.71. The number of carbonyl (C=O) groups excluding carboxylic acids is 2. The molecule has 1 atom stereocenters. The molecular weight excluding hydrogens is 526 g/mol. The normalized spacial score (nSPS) is 16.9. The average molecular weight is 552 g/mol. The van der Waals surface area contributed by atoms with E-state index in [2.05, 4.69) is 15.9 Å². The number of nitrogens with zero attached hydrogens (tertiary/aromatic N) is 1. The molecule has 4 rings (SSSR count). The summed E-state index contributed by atoms with van der Waals surface area (Å²) < 4.78 is 17.1. The fourth-order valence-electron chi connectivity index (χ4n) is 4.17. The van der Waals surface area contributed by atoms with E-state index < -0.39 is 17.7 Å². The molecule has 0 aromatic heterocycles. The topological polar surface area (TPSA) is 85.3 Å². The molecule has 8 heteroatoms. The number of rotatable bonds is 7. The Morgan fingerprint density at radius 3 is 2.33 bits per heavy atom. The zero-order valence-corrected chi connectivity index (χ0v) is 21.9. The molecule has 7 nitrogen and oxygen atoms in total. The van der Waals surface area contributed by atoms with Crippen LogP contribution >= 0.6 is 15.9 Å². The molecule has 1 unspecified atom stereocenters. The van der Waals surface area contributed by atoms with Crippen LogP contribution in [0.2, 0.25) is 0 Å². The first kappa shape index (κ1) is 25.3. The second kappa shape index (κ2) is 10.5. The number of ketones is 1. The predicted octanol–water partition coefficient (Wildman–Crippen LogP) is 5.88. The van der Waals surface area contributed by atoms with Crippen LogP contribution in [0.3, 0.4) is 0 Å². The highest BCUT2D eigenvalue weighted by Gasteiger charge is 2.47. The van der Waals surface area contributed by atoms with Gasteiger partial charge in [0, 0.05) is 17.3 Å². The lowest BCUT2D eigenvalue weighted by atomic mass is 9.95. The predicted molar refractivity (Wildman–Crippen MR) is 141 cm³/mol. The molecule has 3 aromatic carbocycles. The molecular formula is C28H26BrNO6. The molecule has 0 saturated carbocycles. The molecule has 1 fully saturated rings. The number of hydrogen-bond donors (Lipinski definition) is 1. The quantitative estimate of drug-likeness (QED) is 0.224. The van der Waals surface area contributed by atoms with E-state index in [-0.39, 0.29) is 17.4 Å². The number of Topliss-reactive ketones (excluding diaryl/α,β-unsaturated/α-hetero) is 1. The maximum atomic E-state index is 13.4. The van der Waals surface area contributed by atoms with Crippen LogP contribution in [-0.2, 0) is 9.59 Å². The second-order valence-electron chi connectivity index (χ2n) is 8.46. The number of methoxy groups -OCH3 is 2. The molecule has 0 bridgehead atoms. The van der Waals surface area contributed by atoms with Crippen LogP contribution in [0.1, 0.15) is 31.0 Å². The van der Waals surface area contributed by atoms with Gasteiger partial charge in [-0.25, -0.2) is 0 Å². The number of halogens is 1. The summed E-state index contributed by atoms with van der Waals surface area (Å²) in [7, 11) is 3.06. The highest BCUT2D eigenvalue weighted by Crippen LogP contribution is 2.44. The van der Waals surface area contributed by atoms with Crippen molar-refractivity contribution in [2.45, 2.75) is 26.0 Å². The van der Waals surface area contributed by atoms with Crippen molar-refractivity contribution in [3.8, 4) is 17.2 Å². The summed E-state index contributed by atoms with van der Waals surface area (Å²) in [5, 5.41) is 11.4. The molecule has 1 heterocycles. The van der Waals surface area contributed by atoms with E-state index in [1.807, 2.05) is 19.9 Å². The second-order valence-corrected chi connectivity index (χ2v) is 9.31. The van der Waals surface area contributed by atoms with Crippen molar-refractivity contribution in [1.29, 1.82) is 0 Å². The molecule has 1 amide bonds. The number of anilines is 1. The minimum Gasteiger partial charge on any atom is -0.507 e. The highest BCUT2D eigenvalue weighted by atomic mass is 79.9. The lowest BCUT2D eigenvalue weighted by Crippen LogP contribution is -2.29. The van der Waals surface area contributed by atoms with E-state index >= 15 is 0 Å². The highest BCUT2D eigenvalue weighted by molar-refractivity contribution is 9.10. The zero-order valence-electron chi connectivity index (χ0n) is 20.3. The van der Waals surface area contributed by atoms with Gasteiger partial charge in [0.15, 0.2) is 0 Å². The fraction of sp³-hybridized carbons (Fsp3) is 0.214. The van der Waals surface area contributed by atoms with Gasteiger partial charge in [-0.15, -0.1) is 0 Å². The van der Waals surface area contributed by atoms with E-state index in [1.54, 1.807) is 60.7 Å². The first-order valence-electron chi connectivity index (χ1n) is 11.3. The molecule has 1 aliphatic heterocycles. The Kier molecular flexibility index (Phi) is 7.35. The van der Waals surface area contributed by atoms with E-state index in [1.165, 1.54) is 19.1 Å². The largest absolute Gasteiger partial charge is 0.507 e. The Hall–Kier alpha value is -3.78. The van der Waals surface area contributed by atoms with Crippen LogP contribution < -0.4 is 19.1 Å². The van der Waals surface area contributed by atoms with E-state index in [4.69, 9.17) is 14.2 Å².